The fraction of sp³-hybridized carbons (Fsp3) is 0.150. The summed E-state index contributed by atoms with van der Waals surface area (Å²) in [5.74, 6) is -0.328. The molecule has 0 aliphatic heterocycles. The van der Waals surface area contributed by atoms with Crippen LogP contribution in [0.25, 0.3) is 11.3 Å². The molecule has 132 valence electrons. The number of aromatic amines is 1. The number of carbonyl (C=O) groups is 1. The van der Waals surface area contributed by atoms with Crippen LogP contribution < -0.4 is 5.43 Å². The lowest BCUT2D eigenvalue weighted by molar-refractivity contribution is 0.0950. The van der Waals surface area contributed by atoms with E-state index in [-0.39, 0.29) is 5.91 Å². The first-order valence-corrected chi connectivity index (χ1v) is 9.11. The van der Waals surface area contributed by atoms with Crippen molar-refractivity contribution >= 4 is 27.5 Å². The number of amides is 1. The molecule has 2 aromatic carbocycles. The van der Waals surface area contributed by atoms with Crippen LogP contribution in [0.4, 0.5) is 0 Å². The zero-order valence-electron chi connectivity index (χ0n) is 14.6. The fourth-order valence-electron chi connectivity index (χ4n) is 2.45. The molecule has 3 aromatic rings. The van der Waals surface area contributed by atoms with Crippen LogP contribution >= 0.6 is 15.9 Å². The summed E-state index contributed by atoms with van der Waals surface area (Å²) in [5, 5.41) is 11.1. The van der Waals surface area contributed by atoms with Gasteiger partial charge in [0.15, 0.2) is 0 Å². The first kappa shape index (κ1) is 18.1. The minimum atomic E-state index is -0.328. The van der Waals surface area contributed by atoms with E-state index < -0.39 is 0 Å². The predicted molar refractivity (Wildman–Crippen MR) is 107 cm³/mol. The van der Waals surface area contributed by atoms with Crippen molar-refractivity contribution in [2.75, 3.05) is 0 Å². The van der Waals surface area contributed by atoms with Gasteiger partial charge in [0.25, 0.3) is 5.91 Å². The van der Waals surface area contributed by atoms with E-state index in [4.69, 9.17) is 0 Å². The molecule has 0 fully saturated rings. The smallest absolute Gasteiger partial charge is 0.272 e. The summed E-state index contributed by atoms with van der Waals surface area (Å²) in [6.45, 7) is 3.96. The predicted octanol–water partition coefficient (Wildman–Crippen LogP) is 4.56. The summed E-state index contributed by atoms with van der Waals surface area (Å²) in [4.78, 5) is 12.3. The van der Waals surface area contributed by atoms with Crippen LogP contribution in [-0.2, 0) is 6.42 Å². The summed E-state index contributed by atoms with van der Waals surface area (Å²) < 4.78 is 0.995. The molecule has 0 aliphatic carbocycles. The number of aromatic nitrogens is 2. The Balaban J connectivity index is 1.69. The Bertz CT molecular complexity index is 927. The number of carbonyl (C=O) groups excluding carboxylic acids is 1. The van der Waals surface area contributed by atoms with Crippen molar-refractivity contribution in [3.05, 3.63) is 75.9 Å². The second-order valence-corrected chi connectivity index (χ2v) is 6.78. The molecule has 2 N–H and O–H groups in total. The van der Waals surface area contributed by atoms with Gasteiger partial charge in [0.2, 0.25) is 0 Å². The minimum absolute atomic E-state index is 0.328. The van der Waals surface area contributed by atoms with E-state index in [1.54, 1.807) is 6.07 Å². The lowest BCUT2D eigenvalue weighted by Crippen LogP contribution is -2.19. The quantitative estimate of drug-likeness (QED) is 0.478. The summed E-state index contributed by atoms with van der Waals surface area (Å²) in [6, 6.07) is 17.6. The molecular formula is C20H19BrN4O. The van der Waals surface area contributed by atoms with Gasteiger partial charge < -0.3 is 0 Å². The number of halogens is 1. The molecule has 0 atom stereocenters. The molecule has 6 heteroatoms. The van der Waals surface area contributed by atoms with Crippen LogP contribution in [0.5, 0.6) is 0 Å². The highest BCUT2D eigenvalue weighted by atomic mass is 79.9. The largest absolute Gasteiger partial charge is 0.289 e. The fourth-order valence-corrected chi connectivity index (χ4v) is 2.71. The van der Waals surface area contributed by atoms with E-state index in [0.717, 1.165) is 33.4 Å². The van der Waals surface area contributed by atoms with Crippen molar-refractivity contribution in [1.29, 1.82) is 0 Å². The zero-order valence-corrected chi connectivity index (χ0v) is 16.2. The summed E-state index contributed by atoms with van der Waals surface area (Å²) in [5.41, 5.74) is 7.55. The Kier molecular flexibility index (Phi) is 5.63. The van der Waals surface area contributed by atoms with Crippen LogP contribution in [0.2, 0.25) is 0 Å². The number of benzene rings is 2. The van der Waals surface area contributed by atoms with E-state index >= 15 is 0 Å². The molecule has 0 unspecified atom stereocenters. The van der Waals surface area contributed by atoms with Gasteiger partial charge in [-0.05, 0) is 42.7 Å². The topological polar surface area (TPSA) is 70.1 Å². The van der Waals surface area contributed by atoms with Gasteiger partial charge in [-0.25, -0.2) is 5.43 Å². The monoisotopic (exact) mass is 410 g/mol. The lowest BCUT2D eigenvalue weighted by atomic mass is 10.1. The van der Waals surface area contributed by atoms with E-state index in [9.17, 15) is 4.79 Å². The molecular weight excluding hydrogens is 392 g/mol. The number of rotatable bonds is 5. The second kappa shape index (κ2) is 8.10. The number of nitrogens with one attached hydrogen (secondary N) is 2. The van der Waals surface area contributed by atoms with Crippen molar-refractivity contribution in [1.82, 2.24) is 15.6 Å². The lowest BCUT2D eigenvalue weighted by Gasteiger charge is -2.02. The first-order valence-electron chi connectivity index (χ1n) is 8.32. The SMILES string of the molecule is CCc1ccc(-c2cc(C(=O)N/N=C(\C)c3ccc(Br)cc3)[nH]n2)cc1. The molecule has 0 saturated heterocycles. The zero-order chi connectivity index (χ0) is 18.5. The minimum Gasteiger partial charge on any atom is -0.272 e. The highest BCUT2D eigenvalue weighted by molar-refractivity contribution is 9.10. The van der Waals surface area contributed by atoms with Gasteiger partial charge in [-0.2, -0.15) is 10.2 Å². The molecule has 1 aromatic heterocycles. The number of nitrogens with zero attached hydrogens (tertiary/aromatic N) is 2. The van der Waals surface area contributed by atoms with Crippen LogP contribution in [0.15, 0.2) is 64.2 Å². The van der Waals surface area contributed by atoms with Gasteiger partial charge in [-0.15, -0.1) is 0 Å². The molecule has 3 rings (SSSR count). The van der Waals surface area contributed by atoms with Gasteiger partial charge in [0.1, 0.15) is 5.69 Å². The van der Waals surface area contributed by atoms with Gasteiger partial charge in [-0.1, -0.05) is 59.3 Å². The molecule has 26 heavy (non-hydrogen) atoms. The van der Waals surface area contributed by atoms with E-state index in [0.29, 0.717) is 5.69 Å². The molecule has 0 spiro atoms. The standard InChI is InChI=1S/C20H19BrN4O/c1-3-14-4-6-16(7-5-14)18-12-19(24-23-18)20(26)25-22-13(2)15-8-10-17(21)11-9-15/h4-12H,3H2,1-2H3,(H,23,24)(H,25,26)/b22-13+. The molecule has 0 radical (unpaired) electrons. The maximum absolute atomic E-state index is 12.3. The average Bonchev–Trinajstić information content (AvgIpc) is 3.17. The van der Waals surface area contributed by atoms with Gasteiger partial charge in [-0.3, -0.25) is 9.89 Å². The van der Waals surface area contributed by atoms with Gasteiger partial charge in [0.05, 0.1) is 11.4 Å². The van der Waals surface area contributed by atoms with Crippen LogP contribution in [0.1, 0.15) is 35.5 Å². The Hall–Kier alpha value is -2.73. The van der Waals surface area contributed by atoms with E-state index in [2.05, 4.69) is 55.7 Å². The summed E-state index contributed by atoms with van der Waals surface area (Å²) in [6.07, 6.45) is 0.990. The highest BCUT2D eigenvalue weighted by Crippen LogP contribution is 2.18. The Labute approximate surface area is 160 Å². The van der Waals surface area contributed by atoms with E-state index in [1.165, 1.54) is 5.56 Å². The molecule has 1 heterocycles. The third-order valence-corrected chi connectivity index (χ3v) is 4.60. The Morgan fingerprint density at radius 3 is 2.50 bits per heavy atom. The highest BCUT2D eigenvalue weighted by Gasteiger charge is 2.11. The number of hydrazone groups is 1. The van der Waals surface area contributed by atoms with Crippen LogP contribution in [0, 0.1) is 0 Å². The van der Waals surface area contributed by atoms with Crippen molar-refractivity contribution in [2.24, 2.45) is 5.10 Å². The Morgan fingerprint density at radius 2 is 1.85 bits per heavy atom. The maximum atomic E-state index is 12.3. The normalized spacial score (nSPS) is 11.4. The van der Waals surface area contributed by atoms with Crippen molar-refractivity contribution in [3.8, 4) is 11.3 Å². The number of H-pyrrole nitrogens is 1. The molecule has 1 amide bonds. The molecule has 0 bridgehead atoms. The Morgan fingerprint density at radius 1 is 1.15 bits per heavy atom. The maximum Gasteiger partial charge on any atom is 0.289 e. The number of hydrogen-bond acceptors (Lipinski definition) is 3. The summed E-state index contributed by atoms with van der Waals surface area (Å²) in [7, 11) is 0. The second-order valence-electron chi connectivity index (χ2n) is 5.86. The third kappa shape index (κ3) is 4.26. The van der Waals surface area contributed by atoms with Crippen LogP contribution in [0.3, 0.4) is 0 Å². The molecule has 0 saturated carbocycles. The molecule has 0 aliphatic rings. The summed E-state index contributed by atoms with van der Waals surface area (Å²) >= 11 is 3.40. The number of hydrogen-bond donors (Lipinski definition) is 2. The van der Waals surface area contributed by atoms with Gasteiger partial charge in [0, 0.05) is 10.0 Å². The average molecular weight is 411 g/mol. The van der Waals surface area contributed by atoms with Crippen molar-refractivity contribution in [2.45, 2.75) is 20.3 Å². The number of aryl methyl sites for hydroxylation is 1. The van der Waals surface area contributed by atoms with Gasteiger partial charge >= 0.3 is 0 Å². The third-order valence-electron chi connectivity index (χ3n) is 4.07. The molecule has 5 nitrogen and oxygen atoms in total. The van der Waals surface area contributed by atoms with Crippen molar-refractivity contribution in [3.63, 3.8) is 0 Å². The van der Waals surface area contributed by atoms with Crippen LogP contribution in [-0.4, -0.2) is 21.8 Å². The first-order chi connectivity index (χ1) is 12.6. The van der Waals surface area contributed by atoms with Crippen molar-refractivity contribution < 1.29 is 4.79 Å². The van der Waals surface area contributed by atoms with E-state index in [1.807, 2.05) is 43.3 Å².